The number of nitrogens with one attached hydrogen (secondary N) is 1. The van der Waals surface area contributed by atoms with Gasteiger partial charge in [-0.3, -0.25) is 0 Å². The normalized spacial score (nSPS) is 19.4. The van der Waals surface area contributed by atoms with E-state index in [-0.39, 0.29) is 18.1 Å². The van der Waals surface area contributed by atoms with Gasteiger partial charge in [0, 0.05) is 30.5 Å². The molecule has 4 rings (SSSR count). The SMILES string of the molecule is CC(C)[C@H](CO)Nc1cc(N2Cc3ccccc3C(C)(C)C2)nc(C2CC2)n1. The molecule has 0 radical (unpaired) electrons. The van der Waals surface area contributed by atoms with Crippen molar-refractivity contribution < 1.29 is 5.11 Å². The van der Waals surface area contributed by atoms with Gasteiger partial charge in [0.25, 0.3) is 0 Å². The fourth-order valence-electron chi connectivity index (χ4n) is 4.13. The maximum atomic E-state index is 9.73. The maximum absolute atomic E-state index is 9.73. The van der Waals surface area contributed by atoms with Crippen molar-refractivity contribution in [1.82, 2.24) is 9.97 Å². The Labute approximate surface area is 168 Å². The summed E-state index contributed by atoms with van der Waals surface area (Å²) in [4.78, 5) is 12.1. The predicted molar refractivity (Wildman–Crippen MR) is 114 cm³/mol. The monoisotopic (exact) mass is 380 g/mol. The van der Waals surface area contributed by atoms with Gasteiger partial charge in [-0.05, 0) is 29.9 Å². The van der Waals surface area contributed by atoms with Crippen molar-refractivity contribution in [2.75, 3.05) is 23.4 Å². The summed E-state index contributed by atoms with van der Waals surface area (Å²) in [5, 5.41) is 13.2. The summed E-state index contributed by atoms with van der Waals surface area (Å²) in [6.45, 7) is 10.7. The fourth-order valence-corrected chi connectivity index (χ4v) is 4.13. The van der Waals surface area contributed by atoms with Crippen LogP contribution in [0.4, 0.5) is 11.6 Å². The third kappa shape index (κ3) is 3.86. The summed E-state index contributed by atoms with van der Waals surface area (Å²) in [7, 11) is 0. The van der Waals surface area contributed by atoms with Crippen molar-refractivity contribution in [2.45, 2.75) is 64.5 Å². The second kappa shape index (κ2) is 7.36. The number of aromatic nitrogens is 2. The minimum absolute atomic E-state index is 0.00618. The first kappa shape index (κ1) is 19.2. The molecule has 2 aromatic rings. The van der Waals surface area contributed by atoms with Crippen molar-refractivity contribution in [3.8, 4) is 0 Å². The Kier molecular flexibility index (Phi) is 5.04. The van der Waals surface area contributed by atoms with Crippen LogP contribution in [0.1, 0.15) is 63.4 Å². The summed E-state index contributed by atoms with van der Waals surface area (Å²) in [6.07, 6.45) is 2.34. The van der Waals surface area contributed by atoms with Crippen LogP contribution in [0, 0.1) is 5.92 Å². The Morgan fingerprint density at radius 1 is 1.21 bits per heavy atom. The second-order valence-corrected chi connectivity index (χ2v) is 9.32. The fraction of sp³-hybridized carbons (Fsp3) is 0.565. The van der Waals surface area contributed by atoms with E-state index in [9.17, 15) is 5.11 Å². The van der Waals surface area contributed by atoms with Crippen LogP contribution >= 0.6 is 0 Å². The van der Waals surface area contributed by atoms with E-state index < -0.39 is 0 Å². The molecule has 0 amide bonds. The van der Waals surface area contributed by atoms with Crippen molar-refractivity contribution in [3.63, 3.8) is 0 Å². The topological polar surface area (TPSA) is 61.3 Å². The molecule has 2 N–H and O–H groups in total. The van der Waals surface area contributed by atoms with Crippen molar-refractivity contribution in [2.24, 2.45) is 5.92 Å². The Morgan fingerprint density at radius 3 is 2.64 bits per heavy atom. The highest BCUT2D eigenvalue weighted by molar-refractivity contribution is 5.54. The van der Waals surface area contributed by atoms with E-state index in [0.29, 0.717) is 11.8 Å². The standard InChI is InChI=1S/C23H32N4O/c1-15(2)19(13-28)24-20-11-21(26-22(25-20)16-9-10-16)27-12-17-7-5-6-8-18(17)23(3,4)14-27/h5-8,11,15-16,19,28H,9-10,12-14H2,1-4H3,(H,24,25,26)/t19-/m0/s1. The molecule has 0 saturated heterocycles. The first-order valence-corrected chi connectivity index (χ1v) is 10.5. The van der Waals surface area contributed by atoms with E-state index in [1.807, 2.05) is 0 Å². The molecular formula is C23H32N4O. The molecule has 0 bridgehead atoms. The van der Waals surface area contributed by atoms with Gasteiger partial charge in [-0.1, -0.05) is 52.0 Å². The number of benzene rings is 1. The third-order valence-electron chi connectivity index (χ3n) is 6.02. The lowest BCUT2D eigenvalue weighted by molar-refractivity contribution is 0.249. The van der Waals surface area contributed by atoms with E-state index >= 15 is 0 Å². The number of hydrogen-bond acceptors (Lipinski definition) is 5. The predicted octanol–water partition coefficient (Wildman–Crippen LogP) is 4.08. The Morgan fingerprint density at radius 2 is 1.96 bits per heavy atom. The van der Waals surface area contributed by atoms with Crippen molar-refractivity contribution >= 4 is 11.6 Å². The number of anilines is 2. The molecule has 2 aliphatic rings. The summed E-state index contributed by atoms with van der Waals surface area (Å²) >= 11 is 0. The molecular weight excluding hydrogens is 348 g/mol. The number of hydrogen-bond donors (Lipinski definition) is 2. The van der Waals surface area contributed by atoms with Gasteiger partial charge >= 0.3 is 0 Å². The Hall–Kier alpha value is -2.14. The first-order valence-electron chi connectivity index (χ1n) is 10.5. The van der Waals surface area contributed by atoms with Crippen LogP contribution in [0.3, 0.4) is 0 Å². The lowest BCUT2D eigenvalue weighted by atomic mass is 9.78. The molecule has 0 spiro atoms. The number of fused-ring (bicyclic) bond motifs is 1. The summed E-state index contributed by atoms with van der Waals surface area (Å²) < 4.78 is 0. The number of aliphatic hydroxyl groups excluding tert-OH is 1. The molecule has 1 fully saturated rings. The van der Waals surface area contributed by atoms with E-state index in [1.54, 1.807) is 0 Å². The molecule has 1 saturated carbocycles. The highest BCUT2D eigenvalue weighted by Gasteiger charge is 2.33. The van der Waals surface area contributed by atoms with Gasteiger partial charge in [-0.2, -0.15) is 0 Å². The first-order chi connectivity index (χ1) is 13.4. The highest BCUT2D eigenvalue weighted by atomic mass is 16.3. The molecule has 2 heterocycles. The zero-order valence-electron chi connectivity index (χ0n) is 17.4. The molecule has 0 unspecified atom stereocenters. The van der Waals surface area contributed by atoms with Crippen LogP contribution in [0.15, 0.2) is 30.3 Å². The largest absolute Gasteiger partial charge is 0.394 e. The molecule has 5 heteroatoms. The van der Waals surface area contributed by atoms with E-state index in [1.165, 1.54) is 24.0 Å². The lowest BCUT2D eigenvalue weighted by Gasteiger charge is -2.40. The molecule has 1 aliphatic heterocycles. The van der Waals surface area contributed by atoms with Gasteiger partial charge in [0.1, 0.15) is 17.5 Å². The number of rotatable bonds is 6. The molecule has 5 nitrogen and oxygen atoms in total. The van der Waals surface area contributed by atoms with E-state index in [2.05, 4.69) is 68.2 Å². The summed E-state index contributed by atoms with van der Waals surface area (Å²) in [6, 6.07) is 10.8. The third-order valence-corrected chi connectivity index (χ3v) is 6.02. The van der Waals surface area contributed by atoms with Crippen LogP contribution in [-0.2, 0) is 12.0 Å². The Balaban J connectivity index is 1.67. The number of nitrogens with zero attached hydrogens (tertiary/aromatic N) is 3. The zero-order chi connectivity index (χ0) is 19.9. The minimum Gasteiger partial charge on any atom is -0.394 e. The van der Waals surface area contributed by atoms with Crippen molar-refractivity contribution in [1.29, 1.82) is 0 Å². The average Bonchev–Trinajstić information content (AvgIpc) is 3.50. The number of aliphatic hydroxyl groups is 1. The smallest absolute Gasteiger partial charge is 0.136 e. The Bertz CT molecular complexity index is 844. The zero-order valence-corrected chi connectivity index (χ0v) is 17.4. The van der Waals surface area contributed by atoms with Crippen LogP contribution in [-0.4, -0.2) is 34.3 Å². The quantitative estimate of drug-likeness (QED) is 0.791. The van der Waals surface area contributed by atoms with E-state index in [4.69, 9.17) is 9.97 Å². The van der Waals surface area contributed by atoms with E-state index in [0.717, 1.165) is 30.5 Å². The molecule has 150 valence electrons. The van der Waals surface area contributed by atoms with Gasteiger partial charge in [0.2, 0.25) is 0 Å². The van der Waals surface area contributed by atoms with Crippen LogP contribution in [0.5, 0.6) is 0 Å². The molecule has 1 aromatic heterocycles. The summed E-state index contributed by atoms with van der Waals surface area (Å²) in [5.74, 6) is 3.57. The van der Waals surface area contributed by atoms with Crippen LogP contribution < -0.4 is 10.2 Å². The molecule has 1 aliphatic carbocycles. The second-order valence-electron chi connectivity index (χ2n) is 9.32. The maximum Gasteiger partial charge on any atom is 0.136 e. The molecule has 1 aromatic carbocycles. The molecule has 28 heavy (non-hydrogen) atoms. The summed E-state index contributed by atoms with van der Waals surface area (Å²) in [5.41, 5.74) is 2.87. The van der Waals surface area contributed by atoms with Gasteiger partial charge in [-0.15, -0.1) is 0 Å². The molecule has 1 atom stereocenters. The van der Waals surface area contributed by atoms with Gasteiger partial charge < -0.3 is 15.3 Å². The lowest BCUT2D eigenvalue weighted by Crippen LogP contribution is -2.42. The highest BCUT2D eigenvalue weighted by Crippen LogP contribution is 2.40. The average molecular weight is 381 g/mol. The van der Waals surface area contributed by atoms with Gasteiger partial charge in [-0.25, -0.2) is 9.97 Å². The minimum atomic E-state index is -0.00618. The van der Waals surface area contributed by atoms with Crippen LogP contribution in [0.2, 0.25) is 0 Å². The van der Waals surface area contributed by atoms with Crippen LogP contribution in [0.25, 0.3) is 0 Å². The van der Waals surface area contributed by atoms with Gasteiger partial charge in [0.05, 0.1) is 12.6 Å². The van der Waals surface area contributed by atoms with Crippen molar-refractivity contribution in [3.05, 3.63) is 47.3 Å². The van der Waals surface area contributed by atoms with Gasteiger partial charge in [0.15, 0.2) is 0 Å².